The van der Waals surface area contributed by atoms with Crippen LogP contribution in [0.3, 0.4) is 0 Å². The molecule has 102 valence electrons. The highest BCUT2D eigenvalue weighted by Gasteiger charge is 2.26. The van der Waals surface area contributed by atoms with Crippen LogP contribution < -0.4 is 5.32 Å². The molecule has 0 bridgehead atoms. The van der Waals surface area contributed by atoms with Crippen molar-refractivity contribution in [3.8, 4) is 0 Å². The highest BCUT2D eigenvalue weighted by molar-refractivity contribution is 5.00. The molecule has 2 unspecified atom stereocenters. The quantitative estimate of drug-likeness (QED) is 0.865. The van der Waals surface area contributed by atoms with E-state index >= 15 is 0 Å². The Morgan fingerprint density at radius 3 is 2.72 bits per heavy atom. The molecule has 1 aliphatic heterocycles. The van der Waals surface area contributed by atoms with E-state index in [0.717, 1.165) is 31.3 Å². The van der Waals surface area contributed by atoms with Crippen molar-refractivity contribution in [2.45, 2.75) is 58.7 Å². The highest BCUT2D eigenvalue weighted by atomic mass is 16.5. The molecule has 0 amide bonds. The fourth-order valence-electron chi connectivity index (χ4n) is 2.11. The predicted octanol–water partition coefficient (Wildman–Crippen LogP) is 1.55. The van der Waals surface area contributed by atoms with Crippen LogP contribution in [0.1, 0.15) is 46.3 Å². The zero-order valence-corrected chi connectivity index (χ0v) is 12.0. The number of nitrogens with one attached hydrogen (secondary N) is 1. The van der Waals surface area contributed by atoms with Gasteiger partial charge in [-0.3, -0.25) is 4.90 Å². The zero-order chi connectivity index (χ0) is 13.3. The Labute approximate surface area is 109 Å². The highest BCUT2D eigenvalue weighted by Crippen LogP contribution is 2.19. The smallest absolute Gasteiger partial charge is 0.240 e. The maximum atomic E-state index is 5.35. The summed E-state index contributed by atoms with van der Waals surface area (Å²) in [7, 11) is 0. The van der Waals surface area contributed by atoms with Crippen LogP contribution in [0.25, 0.3) is 0 Å². The first-order valence-corrected chi connectivity index (χ1v) is 6.67. The van der Waals surface area contributed by atoms with Gasteiger partial charge in [0.05, 0.1) is 6.54 Å². The van der Waals surface area contributed by atoms with Gasteiger partial charge in [-0.15, -0.1) is 0 Å². The Hall–Kier alpha value is -0.940. The fraction of sp³-hybridized carbons (Fsp3) is 0.846. The van der Waals surface area contributed by atoms with Gasteiger partial charge in [-0.05, 0) is 13.8 Å². The molecule has 2 rings (SSSR count). The summed E-state index contributed by atoms with van der Waals surface area (Å²) in [6.07, 6.45) is 0. The van der Waals surface area contributed by atoms with E-state index in [1.165, 1.54) is 0 Å². The number of hydrogen-bond acceptors (Lipinski definition) is 5. The Bertz CT molecular complexity index is 396. The minimum Gasteiger partial charge on any atom is -0.338 e. The van der Waals surface area contributed by atoms with Gasteiger partial charge in [-0.2, -0.15) is 4.98 Å². The summed E-state index contributed by atoms with van der Waals surface area (Å²) < 4.78 is 5.35. The molecule has 5 heteroatoms. The Morgan fingerprint density at radius 2 is 2.11 bits per heavy atom. The van der Waals surface area contributed by atoms with Crippen LogP contribution in [-0.2, 0) is 12.0 Å². The van der Waals surface area contributed by atoms with E-state index in [9.17, 15) is 0 Å². The zero-order valence-electron chi connectivity index (χ0n) is 12.0. The summed E-state index contributed by atoms with van der Waals surface area (Å²) in [6.45, 7) is 13.5. The molecular formula is C13H24N4O. The lowest BCUT2D eigenvalue weighted by atomic mass is 9.96. The summed E-state index contributed by atoms with van der Waals surface area (Å²) in [4.78, 5) is 6.89. The van der Waals surface area contributed by atoms with Gasteiger partial charge < -0.3 is 9.84 Å². The number of nitrogens with zero attached hydrogens (tertiary/aromatic N) is 3. The Balaban J connectivity index is 2.02. The molecule has 0 radical (unpaired) electrons. The summed E-state index contributed by atoms with van der Waals surface area (Å²) in [6, 6.07) is 1.03. The Kier molecular flexibility index (Phi) is 3.73. The van der Waals surface area contributed by atoms with Crippen LogP contribution >= 0.6 is 0 Å². The van der Waals surface area contributed by atoms with Crippen molar-refractivity contribution in [3.05, 3.63) is 11.7 Å². The average molecular weight is 252 g/mol. The molecule has 1 aromatic heterocycles. The van der Waals surface area contributed by atoms with Gasteiger partial charge in [0.15, 0.2) is 5.82 Å². The van der Waals surface area contributed by atoms with Gasteiger partial charge in [0, 0.05) is 30.6 Å². The molecule has 1 aromatic rings. The van der Waals surface area contributed by atoms with Crippen LogP contribution in [0.4, 0.5) is 0 Å². The van der Waals surface area contributed by atoms with Gasteiger partial charge in [-0.1, -0.05) is 25.9 Å². The molecule has 0 spiro atoms. The van der Waals surface area contributed by atoms with Crippen molar-refractivity contribution < 1.29 is 4.52 Å². The molecule has 18 heavy (non-hydrogen) atoms. The fourth-order valence-corrected chi connectivity index (χ4v) is 2.11. The molecule has 1 fully saturated rings. The van der Waals surface area contributed by atoms with Crippen molar-refractivity contribution >= 4 is 0 Å². The molecular weight excluding hydrogens is 228 g/mol. The largest absolute Gasteiger partial charge is 0.338 e. The molecule has 0 aromatic carbocycles. The van der Waals surface area contributed by atoms with Crippen molar-refractivity contribution in [1.29, 1.82) is 0 Å². The monoisotopic (exact) mass is 252 g/mol. The SMILES string of the molecule is CC1CN(Cc2nc(C(C)(C)C)no2)C(C)CN1. The average Bonchev–Trinajstić information content (AvgIpc) is 2.71. The van der Waals surface area contributed by atoms with Gasteiger partial charge in [-0.25, -0.2) is 0 Å². The van der Waals surface area contributed by atoms with Gasteiger partial charge in [0.25, 0.3) is 0 Å². The number of rotatable bonds is 2. The van der Waals surface area contributed by atoms with Crippen LogP contribution in [-0.4, -0.2) is 40.2 Å². The third-order valence-electron chi connectivity index (χ3n) is 3.37. The minimum atomic E-state index is -0.0515. The lowest BCUT2D eigenvalue weighted by Crippen LogP contribution is -2.53. The summed E-state index contributed by atoms with van der Waals surface area (Å²) >= 11 is 0. The molecule has 2 heterocycles. The topological polar surface area (TPSA) is 54.2 Å². The molecule has 1 aliphatic rings. The van der Waals surface area contributed by atoms with Crippen LogP contribution in [0.2, 0.25) is 0 Å². The molecule has 1 N–H and O–H groups in total. The van der Waals surface area contributed by atoms with E-state index < -0.39 is 0 Å². The molecule has 0 aliphatic carbocycles. The third kappa shape index (κ3) is 3.09. The van der Waals surface area contributed by atoms with E-state index in [2.05, 4.69) is 55.0 Å². The second-order valence-electron chi connectivity index (χ2n) is 6.35. The van der Waals surface area contributed by atoms with Gasteiger partial charge >= 0.3 is 0 Å². The molecule has 0 saturated carbocycles. The van der Waals surface area contributed by atoms with E-state index in [-0.39, 0.29) is 5.41 Å². The second kappa shape index (κ2) is 4.97. The second-order valence-corrected chi connectivity index (χ2v) is 6.35. The van der Waals surface area contributed by atoms with E-state index in [0.29, 0.717) is 12.1 Å². The standard InChI is InChI=1S/C13H24N4O/c1-9-7-17(10(2)6-14-9)8-11-15-12(16-18-11)13(3,4)5/h9-10,14H,6-8H2,1-5H3. The number of piperazine rings is 1. The first-order chi connectivity index (χ1) is 8.36. The van der Waals surface area contributed by atoms with Crippen molar-refractivity contribution in [3.63, 3.8) is 0 Å². The summed E-state index contributed by atoms with van der Waals surface area (Å²) in [5, 5.41) is 7.54. The molecule has 2 atom stereocenters. The first kappa shape index (κ1) is 13.5. The first-order valence-electron chi connectivity index (χ1n) is 6.67. The van der Waals surface area contributed by atoms with Crippen LogP contribution in [0, 0.1) is 0 Å². The van der Waals surface area contributed by atoms with Crippen LogP contribution in [0.15, 0.2) is 4.52 Å². The summed E-state index contributed by atoms with van der Waals surface area (Å²) in [5.74, 6) is 1.51. The minimum absolute atomic E-state index is 0.0515. The van der Waals surface area contributed by atoms with Crippen molar-refractivity contribution in [2.24, 2.45) is 0 Å². The third-order valence-corrected chi connectivity index (χ3v) is 3.37. The summed E-state index contributed by atoms with van der Waals surface area (Å²) in [5.41, 5.74) is -0.0515. The predicted molar refractivity (Wildman–Crippen MR) is 70.3 cm³/mol. The number of aromatic nitrogens is 2. The Morgan fingerprint density at radius 1 is 1.39 bits per heavy atom. The normalized spacial score (nSPS) is 26.5. The van der Waals surface area contributed by atoms with Crippen molar-refractivity contribution in [1.82, 2.24) is 20.4 Å². The maximum Gasteiger partial charge on any atom is 0.240 e. The molecule has 1 saturated heterocycles. The van der Waals surface area contributed by atoms with Crippen molar-refractivity contribution in [2.75, 3.05) is 13.1 Å². The van der Waals surface area contributed by atoms with E-state index in [1.54, 1.807) is 0 Å². The van der Waals surface area contributed by atoms with E-state index in [4.69, 9.17) is 4.52 Å². The van der Waals surface area contributed by atoms with E-state index in [1.807, 2.05) is 0 Å². The lowest BCUT2D eigenvalue weighted by Gasteiger charge is -2.36. The van der Waals surface area contributed by atoms with Crippen LogP contribution in [0.5, 0.6) is 0 Å². The molecule has 5 nitrogen and oxygen atoms in total. The maximum absolute atomic E-state index is 5.35. The lowest BCUT2D eigenvalue weighted by molar-refractivity contribution is 0.123. The number of hydrogen-bond donors (Lipinski definition) is 1. The van der Waals surface area contributed by atoms with Gasteiger partial charge in [0.1, 0.15) is 0 Å². The van der Waals surface area contributed by atoms with Gasteiger partial charge in [0.2, 0.25) is 5.89 Å².